The molecule has 0 spiro atoms. The molecule has 2 heterocycles. The minimum atomic E-state index is -4.28. The Bertz CT molecular complexity index is 1170. The molecule has 2 unspecified atom stereocenters. The lowest BCUT2D eigenvalue weighted by Gasteiger charge is -2.25. The lowest BCUT2D eigenvalue weighted by molar-refractivity contribution is -0.149. The third-order valence-electron chi connectivity index (χ3n) is 4.85. The molecular weight excluding hydrogens is 488 g/mol. The molecule has 0 aliphatic carbocycles. The maximum atomic E-state index is 14.7. The third kappa shape index (κ3) is 6.86. The van der Waals surface area contributed by atoms with E-state index < -0.39 is 68.3 Å². The molecule has 192 valence electrons. The summed E-state index contributed by atoms with van der Waals surface area (Å²) in [6.45, 7) is 4.07. The largest absolute Gasteiger partial charge is 0.462 e. The van der Waals surface area contributed by atoms with Gasteiger partial charge >= 0.3 is 19.4 Å². The number of alkyl halides is 1. The Kier molecular flexibility index (Phi) is 8.62. The first-order chi connectivity index (χ1) is 16.5. The molecule has 14 heteroatoms. The number of H-pyrrole nitrogens is 1. The Morgan fingerprint density at radius 1 is 1.26 bits per heavy atom. The SMILES string of the molecule is CC(C)OC(=O)[C@H](C)NP(=O)(OC[C@H]1O[C@@H](n2ccc(=O)[nH]c2=O)[C@@H](F)C1O)Oc1ccccc1. The zero-order valence-corrected chi connectivity index (χ0v) is 20.1. The standard InChI is InChI=1S/C21H27FN3O9P/c1-12(2)32-20(28)13(3)24-35(30,34-14-7-5-4-6-8-14)31-11-15-18(27)17(22)19(33-15)25-10-9-16(26)23-21(25)29/h4-10,12-13,15,17-19,27H,11H2,1-3H3,(H,24,30)(H,23,26,29)/t13-,15+,17-,18?,19+,35?/m0/s1. The average Bonchev–Trinajstić information content (AvgIpc) is 3.06. The van der Waals surface area contributed by atoms with E-state index in [9.17, 15) is 28.4 Å². The Morgan fingerprint density at radius 3 is 2.57 bits per heavy atom. The molecule has 3 N–H and O–H groups in total. The lowest BCUT2D eigenvalue weighted by atomic mass is 10.1. The molecule has 0 saturated carbocycles. The summed E-state index contributed by atoms with van der Waals surface area (Å²) in [6.07, 6.45) is -6.13. The molecule has 1 aliphatic heterocycles. The van der Waals surface area contributed by atoms with Gasteiger partial charge in [-0.3, -0.25) is 23.7 Å². The average molecular weight is 515 g/mol. The second-order valence-corrected chi connectivity index (χ2v) is 9.75. The smallest absolute Gasteiger partial charge is 0.459 e. The Morgan fingerprint density at radius 2 is 1.94 bits per heavy atom. The summed E-state index contributed by atoms with van der Waals surface area (Å²) in [4.78, 5) is 37.4. The fraction of sp³-hybridized carbons (Fsp3) is 0.476. The number of carbonyl (C=O) groups excluding carboxylic acids is 1. The summed E-state index contributed by atoms with van der Waals surface area (Å²) in [5.74, 6) is -0.555. The van der Waals surface area contributed by atoms with Crippen LogP contribution >= 0.6 is 7.75 Å². The number of benzene rings is 1. The second-order valence-electron chi connectivity index (χ2n) is 8.05. The van der Waals surface area contributed by atoms with Gasteiger partial charge in [-0.05, 0) is 32.9 Å². The number of ether oxygens (including phenoxy) is 2. The molecule has 0 radical (unpaired) electrons. The molecule has 1 aromatic carbocycles. The predicted octanol–water partition coefficient (Wildman–Crippen LogP) is 1.27. The minimum Gasteiger partial charge on any atom is -0.462 e. The van der Waals surface area contributed by atoms with Crippen molar-refractivity contribution in [2.24, 2.45) is 0 Å². The van der Waals surface area contributed by atoms with Crippen molar-refractivity contribution >= 4 is 13.7 Å². The van der Waals surface area contributed by atoms with E-state index in [2.05, 4.69) is 5.09 Å². The number of nitrogens with one attached hydrogen (secondary N) is 2. The van der Waals surface area contributed by atoms with Crippen LogP contribution in [0.4, 0.5) is 4.39 Å². The minimum absolute atomic E-state index is 0.154. The van der Waals surface area contributed by atoms with Gasteiger partial charge in [0, 0.05) is 12.3 Å². The molecule has 1 saturated heterocycles. The number of aliphatic hydroxyl groups excluding tert-OH is 1. The van der Waals surface area contributed by atoms with E-state index in [1.807, 2.05) is 4.98 Å². The van der Waals surface area contributed by atoms with E-state index in [1.54, 1.807) is 32.0 Å². The van der Waals surface area contributed by atoms with Gasteiger partial charge in [0.25, 0.3) is 5.56 Å². The number of aliphatic hydroxyl groups is 1. The molecular formula is C21H27FN3O9P. The first kappa shape index (κ1) is 26.8. The second kappa shape index (κ2) is 11.3. The van der Waals surface area contributed by atoms with Gasteiger partial charge in [0.05, 0.1) is 12.7 Å². The van der Waals surface area contributed by atoms with Crippen LogP contribution in [-0.2, 0) is 23.4 Å². The van der Waals surface area contributed by atoms with Crippen molar-refractivity contribution in [2.45, 2.75) is 57.5 Å². The highest BCUT2D eigenvalue weighted by molar-refractivity contribution is 7.52. The van der Waals surface area contributed by atoms with Crippen LogP contribution in [0.1, 0.15) is 27.0 Å². The Labute approximate surface area is 199 Å². The monoisotopic (exact) mass is 515 g/mol. The Hall–Kier alpha value is -2.83. The summed E-state index contributed by atoms with van der Waals surface area (Å²) in [7, 11) is -4.28. The zero-order valence-electron chi connectivity index (χ0n) is 19.2. The number of aromatic nitrogens is 2. The summed E-state index contributed by atoms with van der Waals surface area (Å²) < 4.78 is 50.4. The molecule has 3 rings (SSSR count). The van der Waals surface area contributed by atoms with Crippen molar-refractivity contribution < 1.29 is 37.4 Å². The van der Waals surface area contributed by atoms with Crippen LogP contribution in [0.2, 0.25) is 0 Å². The first-order valence-corrected chi connectivity index (χ1v) is 12.3. The van der Waals surface area contributed by atoms with Crippen molar-refractivity contribution in [2.75, 3.05) is 6.61 Å². The van der Waals surface area contributed by atoms with Gasteiger partial charge in [-0.25, -0.2) is 13.8 Å². The molecule has 0 bridgehead atoms. The predicted molar refractivity (Wildman–Crippen MR) is 121 cm³/mol. The summed E-state index contributed by atoms with van der Waals surface area (Å²) >= 11 is 0. The van der Waals surface area contributed by atoms with E-state index in [1.165, 1.54) is 19.1 Å². The van der Waals surface area contributed by atoms with E-state index in [0.29, 0.717) is 0 Å². The number of hydrogen-bond donors (Lipinski definition) is 3. The van der Waals surface area contributed by atoms with Crippen LogP contribution in [0.15, 0.2) is 52.2 Å². The highest BCUT2D eigenvalue weighted by Gasteiger charge is 2.47. The maximum Gasteiger partial charge on any atom is 0.459 e. The van der Waals surface area contributed by atoms with Crippen LogP contribution in [-0.4, -0.2) is 57.8 Å². The van der Waals surface area contributed by atoms with Gasteiger partial charge in [0.1, 0.15) is 24.0 Å². The highest BCUT2D eigenvalue weighted by Crippen LogP contribution is 2.46. The van der Waals surface area contributed by atoms with Crippen molar-refractivity contribution in [1.29, 1.82) is 0 Å². The van der Waals surface area contributed by atoms with Crippen molar-refractivity contribution in [3.05, 3.63) is 63.4 Å². The normalized spacial score (nSPS) is 24.6. The van der Waals surface area contributed by atoms with Crippen molar-refractivity contribution in [3.8, 4) is 5.75 Å². The number of halogens is 1. The van der Waals surface area contributed by atoms with Crippen molar-refractivity contribution in [1.82, 2.24) is 14.6 Å². The fourth-order valence-corrected chi connectivity index (χ4v) is 4.70. The van der Waals surface area contributed by atoms with Crippen LogP contribution in [0.5, 0.6) is 5.75 Å². The zero-order chi connectivity index (χ0) is 25.8. The topological polar surface area (TPSA) is 158 Å². The van der Waals surface area contributed by atoms with Crippen LogP contribution in [0.25, 0.3) is 0 Å². The van der Waals surface area contributed by atoms with Crippen molar-refractivity contribution in [3.63, 3.8) is 0 Å². The van der Waals surface area contributed by atoms with Gasteiger partial charge in [-0.2, -0.15) is 5.09 Å². The van der Waals surface area contributed by atoms with Gasteiger partial charge < -0.3 is 19.1 Å². The van der Waals surface area contributed by atoms with E-state index in [4.69, 9.17) is 18.5 Å². The third-order valence-corrected chi connectivity index (χ3v) is 6.50. The van der Waals surface area contributed by atoms with E-state index in [-0.39, 0.29) is 5.75 Å². The van der Waals surface area contributed by atoms with Crippen LogP contribution in [0, 0.1) is 0 Å². The number of nitrogens with zero attached hydrogens (tertiary/aromatic N) is 1. The van der Waals surface area contributed by atoms with Gasteiger partial charge in [0.15, 0.2) is 12.4 Å². The summed E-state index contributed by atoms with van der Waals surface area (Å²) in [5, 5.41) is 12.8. The van der Waals surface area contributed by atoms with E-state index in [0.717, 1.165) is 16.8 Å². The Balaban J connectivity index is 1.75. The number of esters is 1. The number of carbonyl (C=O) groups is 1. The molecule has 1 aliphatic rings. The first-order valence-electron chi connectivity index (χ1n) is 10.8. The molecule has 1 aromatic heterocycles. The molecule has 2 aromatic rings. The summed E-state index contributed by atoms with van der Waals surface area (Å²) in [6, 6.07) is 7.86. The molecule has 6 atom stereocenters. The molecule has 0 amide bonds. The van der Waals surface area contributed by atoms with Gasteiger partial charge in [-0.15, -0.1) is 0 Å². The lowest BCUT2D eigenvalue weighted by Crippen LogP contribution is -2.37. The van der Waals surface area contributed by atoms with Crippen LogP contribution in [0.3, 0.4) is 0 Å². The maximum absolute atomic E-state index is 14.7. The number of rotatable bonds is 10. The van der Waals surface area contributed by atoms with Gasteiger partial charge in [-0.1, -0.05) is 18.2 Å². The van der Waals surface area contributed by atoms with Gasteiger partial charge in [0.2, 0.25) is 0 Å². The van der Waals surface area contributed by atoms with Crippen LogP contribution < -0.4 is 20.9 Å². The number of hydrogen-bond acceptors (Lipinski definition) is 9. The molecule has 12 nitrogen and oxygen atoms in total. The number of para-hydroxylation sites is 1. The highest BCUT2D eigenvalue weighted by atomic mass is 31.2. The summed E-state index contributed by atoms with van der Waals surface area (Å²) in [5.41, 5.74) is -1.62. The molecule has 35 heavy (non-hydrogen) atoms. The quantitative estimate of drug-likeness (QED) is 0.311. The molecule has 1 fully saturated rings. The number of aromatic amines is 1. The fourth-order valence-electron chi connectivity index (χ4n) is 3.20. The van der Waals surface area contributed by atoms with E-state index >= 15 is 0 Å².